The lowest BCUT2D eigenvalue weighted by atomic mass is 9.87. The van der Waals surface area contributed by atoms with Crippen LogP contribution in [-0.2, 0) is 11.2 Å². The maximum absolute atomic E-state index is 13.8. The summed E-state index contributed by atoms with van der Waals surface area (Å²) in [5.74, 6) is -0.525. The largest absolute Gasteiger partial charge is 0.444 e. The first-order valence-electron chi connectivity index (χ1n) is 6.73. The van der Waals surface area contributed by atoms with Gasteiger partial charge in [-0.15, -0.1) is 0 Å². The number of rotatable bonds is 2. The van der Waals surface area contributed by atoms with Crippen LogP contribution in [0.1, 0.15) is 26.3 Å². The number of benzene rings is 1. The number of halogens is 2. The van der Waals surface area contributed by atoms with Crippen LogP contribution in [0.2, 0.25) is 5.02 Å². The third-order valence-electron chi connectivity index (χ3n) is 3.17. The van der Waals surface area contributed by atoms with Crippen molar-refractivity contribution in [3.8, 4) is 0 Å². The van der Waals surface area contributed by atoms with Crippen molar-refractivity contribution < 1.29 is 19.0 Å². The van der Waals surface area contributed by atoms with Crippen LogP contribution in [0.4, 0.5) is 9.18 Å². The third-order valence-corrected chi connectivity index (χ3v) is 3.47. The van der Waals surface area contributed by atoms with Gasteiger partial charge >= 0.3 is 6.09 Å². The van der Waals surface area contributed by atoms with E-state index in [-0.39, 0.29) is 24.5 Å². The number of amides is 1. The molecule has 1 saturated heterocycles. The number of β-amino-alcohol motifs (C(OH)–C–C–N with tert-alkyl or cyclic N) is 1. The molecule has 0 atom stereocenters. The minimum absolute atomic E-state index is 0.0272. The summed E-state index contributed by atoms with van der Waals surface area (Å²) in [5, 5.41) is 10.4. The molecule has 6 heteroatoms. The first-order chi connectivity index (χ1) is 9.60. The van der Waals surface area contributed by atoms with Crippen LogP contribution >= 0.6 is 11.6 Å². The molecule has 0 saturated carbocycles. The molecule has 1 N–H and O–H groups in total. The van der Waals surface area contributed by atoms with E-state index >= 15 is 0 Å². The summed E-state index contributed by atoms with van der Waals surface area (Å²) in [5.41, 5.74) is -1.37. The van der Waals surface area contributed by atoms with E-state index < -0.39 is 23.1 Å². The number of hydrogen-bond donors (Lipinski definition) is 1. The van der Waals surface area contributed by atoms with Crippen LogP contribution in [0.5, 0.6) is 0 Å². The van der Waals surface area contributed by atoms with Crippen molar-refractivity contribution >= 4 is 17.7 Å². The zero-order valence-electron chi connectivity index (χ0n) is 12.3. The van der Waals surface area contributed by atoms with Crippen molar-refractivity contribution in [2.45, 2.75) is 38.4 Å². The van der Waals surface area contributed by atoms with Gasteiger partial charge in [-0.2, -0.15) is 0 Å². The molecule has 1 aliphatic heterocycles. The Labute approximate surface area is 128 Å². The van der Waals surface area contributed by atoms with Crippen molar-refractivity contribution in [1.82, 2.24) is 4.90 Å². The fraction of sp³-hybridized carbons (Fsp3) is 0.533. The van der Waals surface area contributed by atoms with Crippen molar-refractivity contribution in [2.75, 3.05) is 13.1 Å². The van der Waals surface area contributed by atoms with Gasteiger partial charge in [0, 0.05) is 6.42 Å². The molecule has 116 valence electrons. The molecule has 1 aliphatic rings. The third kappa shape index (κ3) is 3.86. The second kappa shape index (κ2) is 5.46. The molecule has 0 aliphatic carbocycles. The predicted octanol–water partition coefficient (Wildman–Crippen LogP) is 3.00. The second-order valence-corrected chi connectivity index (χ2v) is 6.86. The molecule has 1 aromatic carbocycles. The number of nitrogens with zero attached hydrogens (tertiary/aromatic N) is 1. The molecule has 1 fully saturated rings. The number of carbonyl (C=O) groups excluding carboxylic acids is 1. The van der Waals surface area contributed by atoms with Crippen LogP contribution in [0.3, 0.4) is 0 Å². The SMILES string of the molecule is CC(C)(C)OC(=O)N1CC(O)(Cc2cccc(Cl)c2F)C1. The highest BCUT2D eigenvalue weighted by Gasteiger charge is 2.45. The van der Waals surface area contributed by atoms with Crippen molar-refractivity contribution in [1.29, 1.82) is 0 Å². The number of ether oxygens (including phenoxy) is 1. The van der Waals surface area contributed by atoms with E-state index in [1.54, 1.807) is 32.9 Å². The number of hydrogen-bond acceptors (Lipinski definition) is 3. The van der Waals surface area contributed by atoms with E-state index in [1.165, 1.54) is 11.0 Å². The minimum Gasteiger partial charge on any atom is -0.444 e. The van der Waals surface area contributed by atoms with Gasteiger partial charge in [0.15, 0.2) is 0 Å². The highest BCUT2D eigenvalue weighted by Crippen LogP contribution is 2.29. The first kappa shape index (κ1) is 16.0. The maximum Gasteiger partial charge on any atom is 0.410 e. The Morgan fingerprint density at radius 3 is 2.67 bits per heavy atom. The van der Waals surface area contributed by atoms with Gasteiger partial charge in [-0.3, -0.25) is 0 Å². The Bertz CT molecular complexity index is 550. The van der Waals surface area contributed by atoms with E-state index in [9.17, 15) is 14.3 Å². The van der Waals surface area contributed by atoms with Gasteiger partial charge in [-0.1, -0.05) is 23.7 Å². The van der Waals surface area contributed by atoms with Crippen molar-refractivity contribution in [2.24, 2.45) is 0 Å². The summed E-state index contributed by atoms with van der Waals surface area (Å²) in [7, 11) is 0. The van der Waals surface area contributed by atoms with Gasteiger partial charge in [0.2, 0.25) is 0 Å². The predicted molar refractivity (Wildman–Crippen MR) is 77.9 cm³/mol. The van der Waals surface area contributed by atoms with E-state index in [1.807, 2.05) is 0 Å². The Morgan fingerprint density at radius 1 is 1.48 bits per heavy atom. The van der Waals surface area contributed by atoms with Crippen LogP contribution in [0.15, 0.2) is 18.2 Å². The molecule has 1 aromatic rings. The Morgan fingerprint density at radius 2 is 2.10 bits per heavy atom. The molecule has 0 unspecified atom stereocenters. The molecule has 0 bridgehead atoms. The smallest absolute Gasteiger partial charge is 0.410 e. The molecule has 21 heavy (non-hydrogen) atoms. The molecule has 2 rings (SSSR count). The van der Waals surface area contributed by atoms with Crippen molar-refractivity contribution in [3.05, 3.63) is 34.6 Å². The van der Waals surface area contributed by atoms with Gasteiger partial charge in [0.25, 0.3) is 0 Å². The summed E-state index contributed by atoms with van der Waals surface area (Å²) in [6.45, 7) is 5.57. The highest BCUT2D eigenvalue weighted by molar-refractivity contribution is 6.30. The van der Waals surface area contributed by atoms with Gasteiger partial charge < -0.3 is 14.7 Å². The zero-order chi connectivity index (χ0) is 15.8. The Balaban J connectivity index is 1.96. The summed E-state index contributed by atoms with van der Waals surface area (Å²) < 4.78 is 19.0. The Kier molecular flexibility index (Phi) is 4.17. The van der Waals surface area contributed by atoms with Gasteiger partial charge in [-0.05, 0) is 32.4 Å². The maximum atomic E-state index is 13.8. The summed E-state index contributed by atoms with van der Waals surface area (Å²) >= 11 is 5.71. The summed E-state index contributed by atoms with van der Waals surface area (Å²) in [6.07, 6.45) is -0.364. The topological polar surface area (TPSA) is 49.8 Å². The van der Waals surface area contributed by atoms with E-state index in [2.05, 4.69) is 0 Å². The highest BCUT2D eigenvalue weighted by atomic mass is 35.5. The van der Waals surface area contributed by atoms with Gasteiger partial charge in [0.1, 0.15) is 17.0 Å². The van der Waals surface area contributed by atoms with Crippen LogP contribution in [0.25, 0.3) is 0 Å². The summed E-state index contributed by atoms with van der Waals surface area (Å²) in [6, 6.07) is 4.67. The van der Waals surface area contributed by atoms with E-state index in [0.717, 1.165) is 0 Å². The van der Waals surface area contributed by atoms with Crippen LogP contribution < -0.4 is 0 Å². The lowest BCUT2D eigenvalue weighted by Crippen LogP contribution is -2.65. The monoisotopic (exact) mass is 315 g/mol. The fourth-order valence-corrected chi connectivity index (χ4v) is 2.47. The first-order valence-corrected chi connectivity index (χ1v) is 7.11. The molecule has 0 spiro atoms. The van der Waals surface area contributed by atoms with Gasteiger partial charge in [0.05, 0.1) is 18.1 Å². The van der Waals surface area contributed by atoms with Crippen LogP contribution in [-0.4, -0.2) is 40.4 Å². The quantitative estimate of drug-likeness (QED) is 0.912. The molecular weight excluding hydrogens is 297 g/mol. The second-order valence-electron chi connectivity index (χ2n) is 6.45. The average molecular weight is 316 g/mol. The van der Waals surface area contributed by atoms with Crippen molar-refractivity contribution in [3.63, 3.8) is 0 Å². The van der Waals surface area contributed by atoms with Gasteiger partial charge in [-0.25, -0.2) is 9.18 Å². The lowest BCUT2D eigenvalue weighted by molar-refractivity contribution is -0.0976. The Hall–Kier alpha value is -1.33. The standard InChI is InChI=1S/C15H19ClFNO3/c1-14(2,3)21-13(19)18-8-15(20,9-18)7-10-5-4-6-11(16)12(10)17/h4-6,20H,7-9H2,1-3H3. The molecule has 1 amide bonds. The minimum atomic E-state index is -1.14. The average Bonchev–Trinajstić information content (AvgIpc) is 2.29. The fourth-order valence-electron chi connectivity index (χ4n) is 2.27. The number of likely N-dealkylation sites (tertiary alicyclic amines) is 1. The number of aliphatic hydroxyl groups is 1. The zero-order valence-corrected chi connectivity index (χ0v) is 13.1. The van der Waals surface area contributed by atoms with Crippen LogP contribution in [0, 0.1) is 5.82 Å². The van der Waals surface area contributed by atoms with E-state index in [0.29, 0.717) is 5.56 Å². The number of carbonyl (C=O) groups is 1. The summed E-state index contributed by atoms with van der Waals surface area (Å²) in [4.78, 5) is 13.2. The molecule has 4 nitrogen and oxygen atoms in total. The van der Waals surface area contributed by atoms with E-state index in [4.69, 9.17) is 16.3 Å². The molecule has 0 radical (unpaired) electrons. The molecular formula is C15H19ClFNO3. The normalized spacial score (nSPS) is 17.3. The molecule has 1 heterocycles. The lowest BCUT2D eigenvalue weighted by Gasteiger charge is -2.46. The molecule has 0 aromatic heterocycles.